The van der Waals surface area contributed by atoms with Gasteiger partial charge in [0.15, 0.2) is 0 Å². The van der Waals surface area contributed by atoms with Gasteiger partial charge in [-0.15, -0.1) is 0 Å². The number of carboxylic acid groups (broad SMARTS) is 1. The van der Waals surface area contributed by atoms with Crippen molar-refractivity contribution >= 4 is 11.8 Å². The first-order valence-electron chi connectivity index (χ1n) is 9.95. The minimum absolute atomic E-state index is 0.0452. The molecule has 1 aliphatic rings. The Balaban J connectivity index is 0.000000451. The van der Waals surface area contributed by atoms with Crippen LogP contribution in [-0.2, 0) is 16.1 Å². The number of morpholine rings is 1. The van der Waals surface area contributed by atoms with Crippen LogP contribution < -0.4 is 9.64 Å². The highest BCUT2D eigenvalue weighted by atomic mass is 19.4. The standard InChI is InChI=1S/C19H26N4O2.C2HF3O2/c1-4-22(2)18-9-10-20-19(21-18)16-14-25-12-11-23(16)13-15-7-5-6-8-17(15)24-3;3-2(4,5)1(6)7/h5-10,16H,4,11-14H2,1-3H3;(H,6,7). The van der Waals surface area contributed by atoms with E-state index in [1.54, 1.807) is 7.11 Å². The van der Waals surface area contributed by atoms with E-state index in [0.717, 1.165) is 43.6 Å². The number of hydrogen-bond donors (Lipinski definition) is 1. The molecule has 1 N–H and O–H groups in total. The predicted molar refractivity (Wildman–Crippen MR) is 112 cm³/mol. The predicted octanol–water partition coefficient (Wildman–Crippen LogP) is 3.15. The van der Waals surface area contributed by atoms with Gasteiger partial charge in [-0.25, -0.2) is 14.8 Å². The lowest BCUT2D eigenvalue weighted by Gasteiger charge is -2.35. The third kappa shape index (κ3) is 7.06. The molecule has 32 heavy (non-hydrogen) atoms. The van der Waals surface area contributed by atoms with E-state index in [1.165, 1.54) is 5.56 Å². The topological polar surface area (TPSA) is 88.0 Å². The second-order valence-electron chi connectivity index (χ2n) is 6.96. The number of hydrogen-bond acceptors (Lipinski definition) is 7. The number of aliphatic carboxylic acids is 1. The van der Waals surface area contributed by atoms with Crippen LogP contribution >= 0.6 is 0 Å². The Morgan fingerprint density at radius 3 is 2.66 bits per heavy atom. The smallest absolute Gasteiger partial charge is 0.490 e. The van der Waals surface area contributed by atoms with Crippen LogP contribution in [0.1, 0.15) is 24.4 Å². The van der Waals surface area contributed by atoms with Gasteiger partial charge in [-0.1, -0.05) is 18.2 Å². The molecular weight excluding hydrogens is 429 g/mol. The molecule has 2 heterocycles. The number of benzene rings is 1. The molecule has 0 spiro atoms. The molecule has 0 saturated carbocycles. The molecule has 11 heteroatoms. The summed E-state index contributed by atoms with van der Waals surface area (Å²) in [5.41, 5.74) is 1.17. The van der Waals surface area contributed by atoms with Crippen molar-refractivity contribution in [2.45, 2.75) is 25.7 Å². The molecule has 1 aromatic carbocycles. The Morgan fingerprint density at radius 2 is 2.03 bits per heavy atom. The highest BCUT2D eigenvalue weighted by molar-refractivity contribution is 5.73. The SMILES string of the molecule is CCN(C)c1ccnc(C2COCCN2Cc2ccccc2OC)n1.O=C(O)C(F)(F)F. The number of para-hydroxylation sites is 1. The summed E-state index contributed by atoms with van der Waals surface area (Å²) in [5.74, 6) is -0.0941. The number of methoxy groups -OCH3 is 1. The maximum absolute atomic E-state index is 10.6. The molecule has 1 aliphatic heterocycles. The van der Waals surface area contributed by atoms with Gasteiger partial charge >= 0.3 is 12.1 Å². The van der Waals surface area contributed by atoms with Crippen molar-refractivity contribution in [3.63, 3.8) is 0 Å². The molecule has 176 valence electrons. The number of carbonyl (C=O) groups is 1. The number of halogens is 3. The average Bonchev–Trinajstić information content (AvgIpc) is 2.79. The number of nitrogens with zero attached hydrogens (tertiary/aromatic N) is 4. The maximum atomic E-state index is 10.6. The Morgan fingerprint density at radius 1 is 1.34 bits per heavy atom. The summed E-state index contributed by atoms with van der Waals surface area (Å²) in [4.78, 5) is 22.7. The van der Waals surface area contributed by atoms with Crippen molar-refractivity contribution in [1.29, 1.82) is 0 Å². The van der Waals surface area contributed by atoms with E-state index in [2.05, 4.69) is 27.8 Å². The lowest BCUT2D eigenvalue weighted by molar-refractivity contribution is -0.192. The molecule has 1 aromatic heterocycles. The Kier molecular flexibility index (Phi) is 9.21. The molecule has 0 amide bonds. The van der Waals surface area contributed by atoms with Gasteiger partial charge in [0.25, 0.3) is 0 Å². The van der Waals surface area contributed by atoms with Crippen LogP contribution in [0.2, 0.25) is 0 Å². The molecule has 8 nitrogen and oxygen atoms in total. The normalized spacial score (nSPS) is 16.6. The second-order valence-corrected chi connectivity index (χ2v) is 6.96. The summed E-state index contributed by atoms with van der Waals surface area (Å²) >= 11 is 0. The van der Waals surface area contributed by atoms with Gasteiger partial charge in [0.05, 0.1) is 26.4 Å². The molecular formula is C21H27F3N4O4. The highest BCUT2D eigenvalue weighted by Crippen LogP contribution is 2.27. The van der Waals surface area contributed by atoms with Gasteiger partial charge in [-0.05, 0) is 19.1 Å². The van der Waals surface area contributed by atoms with Crippen molar-refractivity contribution in [3.8, 4) is 5.75 Å². The van der Waals surface area contributed by atoms with Gasteiger partial charge in [0, 0.05) is 38.4 Å². The van der Waals surface area contributed by atoms with Gasteiger partial charge < -0.3 is 19.5 Å². The summed E-state index contributed by atoms with van der Waals surface area (Å²) in [6, 6.07) is 10.1. The maximum Gasteiger partial charge on any atom is 0.490 e. The number of rotatable bonds is 6. The fourth-order valence-corrected chi connectivity index (χ4v) is 3.02. The number of carboxylic acids is 1. The van der Waals surface area contributed by atoms with E-state index in [1.807, 2.05) is 37.5 Å². The molecule has 0 bridgehead atoms. The zero-order valence-corrected chi connectivity index (χ0v) is 18.2. The average molecular weight is 456 g/mol. The van der Waals surface area contributed by atoms with Crippen molar-refractivity contribution in [2.75, 3.05) is 45.4 Å². The van der Waals surface area contributed by atoms with Gasteiger partial charge in [0.1, 0.15) is 17.4 Å². The first-order chi connectivity index (χ1) is 15.2. The summed E-state index contributed by atoms with van der Waals surface area (Å²) in [6.07, 6.45) is -3.25. The van der Waals surface area contributed by atoms with Gasteiger partial charge in [-0.3, -0.25) is 4.90 Å². The van der Waals surface area contributed by atoms with Crippen LogP contribution in [0.5, 0.6) is 5.75 Å². The monoisotopic (exact) mass is 456 g/mol. The zero-order valence-electron chi connectivity index (χ0n) is 18.2. The van der Waals surface area contributed by atoms with Crippen molar-refractivity contribution in [2.24, 2.45) is 0 Å². The van der Waals surface area contributed by atoms with Gasteiger partial charge in [0.2, 0.25) is 0 Å². The van der Waals surface area contributed by atoms with Crippen molar-refractivity contribution < 1.29 is 32.5 Å². The molecule has 2 aromatic rings. The molecule has 0 radical (unpaired) electrons. The third-order valence-electron chi connectivity index (χ3n) is 4.87. The fraction of sp³-hybridized carbons (Fsp3) is 0.476. The lowest BCUT2D eigenvalue weighted by atomic mass is 10.1. The van der Waals surface area contributed by atoms with Crippen LogP contribution in [0.3, 0.4) is 0 Å². The van der Waals surface area contributed by atoms with Crippen molar-refractivity contribution in [3.05, 3.63) is 47.9 Å². The number of aromatic nitrogens is 2. The summed E-state index contributed by atoms with van der Waals surface area (Å²) < 4.78 is 43.0. The third-order valence-corrected chi connectivity index (χ3v) is 4.87. The van der Waals surface area contributed by atoms with E-state index in [9.17, 15) is 13.2 Å². The first-order valence-corrected chi connectivity index (χ1v) is 9.95. The summed E-state index contributed by atoms with van der Waals surface area (Å²) in [5, 5.41) is 7.12. The van der Waals surface area contributed by atoms with Crippen LogP contribution in [0, 0.1) is 0 Å². The molecule has 1 fully saturated rings. The molecule has 3 rings (SSSR count). The zero-order chi connectivity index (χ0) is 23.7. The van der Waals surface area contributed by atoms with Crippen molar-refractivity contribution in [1.82, 2.24) is 14.9 Å². The van der Waals surface area contributed by atoms with E-state index in [4.69, 9.17) is 24.4 Å². The van der Waals surface area contributed by atoms with E-state index in [-0.39, 0.29) is 6.04 Å². The van der Waals surface area contributed by atoms with E-state index in [0.29, 0.717) is 6.61 Å². The number of ether oxygens (including phenoxy) is 2. The highest BCUT2D eigenvalue weighted by Gasteiger charge is 2.38. The minimum Gasteiger partial charge on any atom is -0.496 e. The van der Waals surface area contributed by atoms with Crippen LogP contribution in [0.15, 0.2) is 36.5 Å². The molecule has 1 atom stereocenters. The second kappa shape index (κ2) is 11.6. The Hall–Kier alpha value is -2.92. The van der Waals surface area contributed by atoms with Crippen LogP contribution in [0.4, 0.5) is 19.0 Å². The molecule has 1 saturated heterocycles. The Labute approximate surface area is 184 Å². The van der Waals surface area contributed by atoms with E-state index >= 15 is 0 Å². The largest absolute Gasteiger partial charge is 0.496 e. The molecule has 0 aliphatic carbocycles. The number of alkyl halides is 3. The van der Waals surface area contributed by atoms with E-state index < -0.39 is 12.1 Å². The fourth-order valence-electron chi connectivity index (χ4n) is 3.02. The first kappa shape index (κ1) is 25.3. The molecule has 1 unspecified atom stereocenters. The quantitative estimate of drug-likeness (QED) is 0.710. The Bertz CT molecular complexity index is 882. The number of anilines is 1. The lowest BCUT2D eigenvalue weighted by Crippen LogP contribution is -2.40. The van der Waals surface area contributed by atoms with Crippen LogP contribution in [0.25, 0.3) is 0 Å². The van der Waals surface area contributed by atoms with Crippen LogP contribution in [-0.4, -0.2) is 72.6 Å². The van der Waals surface area contributed by atoms with Gasteiger partial charge in [-0.2, -0.15) is 13.2 Å². The summed E-state index contributed by atoms with van der Waals surface area (Å²) in [6.45, 7) is 5.98. The summed E-state index contributed by atoms with van der Waals surface area (Å²) in [7, 11) is 3.75. The minimum atomic E-state index is -5.08.